The SMILES string of the molecule is CC1(C)CC1NC1CC2CCC1(C)C2(C)C. The zero-order valence-corrected chi connectivity index (χ0v) is 11.6. The lowest BCUT2D eigenvalue weighted by Gasteiger charge is -2.40. The highest BCUT2D eigenvalue weighted by molar-refractivity contribution is 5.15. The maximum Gasteiger partial charge on any atom is 0.0132 e. The van der Waals surface area contributed by atoms with Crippen LogP contribution in [0.3, 0.4) is 0 Å². The van der Waals surface area contributed by atoms with Gasteiger partial charge in [-0.2, -0.15) is 0 Å². The fraction of sp³-hybridized carbons (Fsp3) is 1.00. The van der Waals surface area contributed by atoms with Crippen molar-refractivity contribution in [1.82, 2.24) is 5.32 Å². The zero-order chi connectivity index (χ0) is 11.8. The van der Waals surface area contributed by atoms with Crippen molar-refractivity contribution in [1.29, 1.82) is 0 Å². The molecule has 1 heteroatoms. The van der Waals surface area contributed by atoms with Crippen molar-refractivity contribution in [3.05, 3.63) is 0 Å². The van der Waals surface area contributed by atoms with E-state index in [-0.39, 0.29) is 0 Å². The summed E-state index contributed by atoms with van der Waals surface area (Å²) < 4.78 is 0. The van der Waals surface area contributed by atoms with Crippen LogP contribution in [0.4, 0.5) is 0 Å². The van der Waals surface area contributed by atoms with E-state index in [1.54, 1.807) is 0 Å². The van der Waals surface area contributed by atoms with Gasteiger partial charge in [-0.3, -0.25) is 0 Å². The standard InChI is InChI=1S/C15H27N/c1-13(2)9-12(13)16-11-8-10-6-7-15(11,5)14(10,3)4/h10-12,16H,6-9H2,1-5H3. The lowest BCUT2D eigenvalue weighted by atomic mass is 9.69. The Hall–Kier alpha value is -0.0400. The predicted octanol–water partition coefficient (Wildman–Crippen LogP) is 3.59. The summed E-state index contributed by atoms with van der Waals surface area (Å²) in [6, 6.07) is 1.58. The molecule has 2 bridgehead atoms. The third kappa shape index (κ3) is 1.21. The van der Waals surface area contributed by atoms with Crippen molar-refractivity contribution in [3.63, 3.8) is 0 Å². The van der Waals surface area contributed by atoms with E-state index in [0.29, 0.717) is 16.2 Å². The molecule has 0 radical (unpaired) electrons. The second kappa shape index (κ2) is 2.85. The minimum Gasteiger partial charge on any atom is -0.310 e. The molecule has 0 aromatic rings. The summed E-state index contributed by atoms with van der Waals surface area (Å²) in [6.45, 7) is 12.3. The molecule has 0 aliphatic heterocycles. The first-order valence-electron chi connectivity index (χ1n) is 7.03. The van der Waals surface area contributed by atoms with E-state index in [9.17, 15) is 0 Å². The Morgan fingerprint density at radius 1 is 1.00 bits per heavy atom. The van der Waals surface area contributed by atoms with Gasteiger partial charge in [0, 0.05) is 12.1 Å². The fourth-order valence-corrected chi connectivity index (χ4v) is 4.45. The minimum atomic E-state index is 0.552. The van der Waals surface area contributed by atoms with E-state index in [2.05, 4.69) is 39.9 Å². The molecule has 16 heavy (non-hydrogen) atoms. The van der Waals surface area contributed by atoms with Gasteiger partial charge in [0.1, 0.15) is 0 Å². The molecular weight excluding hydrogens is 194 g/mol. The van der Waals surface area contributed by atoms with Crippen LogP contribution < -0.4 is 5.32 Å². The molecule has 1 N–H and O–H groups in total. The second-order valence-corrected chi connectivity index (χ2v) is 8.07. The monoisotopic (exact) mass is 221 g/mol. The van der Waals surface area contributed by atoms with E-state index in [1.165, 1.54) is 25.7 Å². The van der Waals surface area contributed by atoms with Crippen LogP contribution in [-0.4, -0.2) is 12.1 Å². The molecule has 0 spiro atoms. The first-order chi connectivity index (χ1) is 7.27. The van der Waals surface area contributed by atoms with E-state index in [4.69, 9.17) is 0 Å². The summed E-state index contributed by atoms with van der Waals surface area (Å²) in [5.41, 5.74) is 1.68. The smallest absolute Gasteiger partial charge is 0.0132 e. The Balaban J connectivity index is 1.75. The number of hydrogen-bond donors (Lipinski definition) is 1. The lowest BCUT2D eigenvalue weighted by Crippen LogP contribution is -2.46. The van der Waals surface area contributed by atoms with Gasteiger partial charge in [0.25, 0.3) is 0 Å². The highest BCUT2D eigenvalue weighted by Crippen LogP contribution is 2.66. The van der Waals surface area contributed by atoms with Crippen LogP contribution in [-0.2, 0) is 0 Å². The third-order valence-electron chi connectivity index (χ3n) is 6.71. The topological polar surface area (TPSA) is 12.0 Å². The molecule has 0 aromatic heterocycles. The van der Waals surface area contributed by atoms with Gasteiger partial charge in [0.2, 0.25) is 0 Å². The van der Waals surface area contributed by atoms with Gasteiger partial charge < -0.3 is 5.32 Å². The highest BCUT2D eigenvalue weighted by Gasteiger charge is 2.62. The number of fused-ring (bicyclic) bond motifs is 2. The molecule has 1 nitrogen and oxygen atoms in total. The number of rotatable bonds is 2. The summed E-state index contributed by atoms with van der Waals surface area (Å²) in [4.78, 5) is 0. The van der Waals surface area contributed by atoms with E-state index in [0.717, 1.165) is 18.0 Å². The van der Waals surface area contributed by atoms with Gasteiger partial charge in [0.15, 0.2) is 0 Å². The Bertz CT molecular complexity index is 317. The maximum absolute atomic E-state index is 3.97. The van der Waals surface area contributed by atoms with Crippen LogP contribution in [0.15, 0.2) is 0 Å². The molecule has 0 amide bonds. The predicted molar refractivity (Wildman–Crippen MR) is 68.3 cm³/mol. The first kappa shape index (κ1) is 11.1. The van der Waals surface area contributed by atoms with Gasteiger partial charge in [-0.25, -0.2) is 0 Å². The Morgan fingerprint density at radius 2 is 1.62 bits per heavy atom. The van der Waals surface area contributed by atoms with Gasteiger partial charge >= 0.3 is 0 Å². The van der Waals surface area contributed by atoms with E-state index >= 15 is 0 Å². The van der Waals surface area contributed by atoms with Gasteiger partial charge in [-0.1, -0.05) is 34.6 Å². The first-order valence-corrected chi connectivity index (χ1v) is 7.03. The fourth-order valence-electron chi connectivity index (χ4n) is 4.45. The lowest BCUT2D eigenvalue weighted by molar-refractivity contribution is 0.119. The van der Waals surface area contributed by atoms with Gasteiger partial charge in [0.05, 0.1) is 0 Å². The van der Waals surface area contributed by atoms with Crippen molar-refractivity contribution >= 4 is 0 Å². The number of nitrogens with one attached hydrogen (secondary N) is 1. The summed E-state index contributed by atoms with van der Waals surface area (Å²) in [7, 11) is 0. The van der Waals surface area contributed by atoms with Crippen molar-refractivity contribution in [3.8, 4) is 0 Å². The average molecular weight is 221 g/mol. The molecule has 0 saturated heterocycles. The zero-order valence-electron chi connectivity index (χ0n) is 11.6. The average Bonchev–Trinajstić information content (AvgIpc) is 2.63. The molecule has 92 valence electrons. The molecule has 3 fully saturated rings. The Kier molecular flexibility index (Phi) is 1.98. The molecule has 3 aliphatic carbocycles. The summed E-state index contributed by atoms with van der Waals surface area (Å²) >= 11 is 0. The highest BCUT2D eigenvalue weighted by atomic mass is 15.1. The maximum atomic E-state index is 3.97. The van der Waals surface area contributed by atoms with Gasteiger partial charge in [-0.15, -0.1) is 0 Å². The molecule has 3 aliphatic rings. The largest absolute Gasteiger partial charge is 0.310 e. The third-order valence-corrected chi connectivity index (χ3v) is 6.71. The molecule has 0 aromatic carbocycles. The Morgan fingerprint density at radius 3 is 2.00 bits per heavy atom. The molecule has 3 saturated carbocycles. The van der Waals surface area contributed by atoms with Crippen molar-refractivity contribution in [2.45, 2.75) is 72.4 Å². The quantitative estimate of drug-likeness (QED) is 0.751. The van der Waals surface area contributed by atoms with E-state index < -0.39 is 0 Å². The van der Waals surface area contributed by atoms with Crippen LogP contribution in [0.25, 0.3) is 0 Å². The van der Waals surface area contributed by atoms with Crippen LogP contribution >= 0.6 is 0 Å². The molecule has 4 unspecified atom stereocenters. The van der Waals surface area contributed by atoms with Gasteiger partial charge in [-0.05, 0) is 47.8 Å². The van der Waals surface area contributed by atoms with Crippen LogP contribution in [0.5, 0.6) is 0 Å². The van der Waals surface area contributed by atoms with Crippen LogP contribution in [0, 0.1) is 22.2 Å². The summed E-state index contributed by atoms with van der Waals surface area (Å²) in [5, 5.41) is 3.97. The van der Waals surface area contributed by atoms with Crippen molar-refractivity contribution < 1.29 is 0 Å². The summed E-state index contributed by atoms with van der Waals surface area (Å²) in [6.07, 6.45) is 5.71. The molecule has 4 atom stereocenters. The van der Waals surface area contributed by atoms with Crippen LogP contribution in [0.1, 0.15) is 60.3 Å². The molecular formula is C15H27N. The number of hydrogen-bond acceptors (Lipinski definition) is 1. The molecule has 0 heterocycles. The summed E-state index contributed by atoms with van der Waals surface area (Å²) in [5.74, 6) is 0.969. The molecule has 3 rings (SSSR count). The minimum absolute atomic E-state index is 0.552. The van der Waals surface area contributed by atoms with E-state index in [1.807, 2.05) is 0 Å². The van der Waals surface area contributed by atoms with Crippen LogP contribution in [0.2, 0.25) is 0 Å². The second-order valence-electron chi connectivity index (χ2n) is 8.07. The normalized spacial score (nSPS) is 51.9. The Labute approximate surface area is 100 Å². The van der Waals surface area contributed by atoms with Crippen molar-refractivity contribution in [2.75, 3.05) is 0 Å². The van der Waals surface area contributed by atoms with Crippen molar-refractivity contribution in [2.24, 2.45) is 22.2 Å².